The van der Waals surface area contributed by atoms with Crippen molar-refractivity contribution in [3.05, 3.63) is 24.0 Å². The van der Waals surface area contributed by atoms with Gasteiger partial charge in [0.05, 0.1) is 13.3 Å². The third-order valence-corrected chi connectivity index (χ3v) is 3.25. The minimum Gasteiger partial charge on any atom is -0.489 e. The third-order valence-electron chi connectivity index (χ3n) is 3.25. The fraction of sp³-hybridized carbons (Fsp3) is 0.562. The van der Waals surface area contributed by atoms with Gasteiger partial charge in [-0.1, -0.05) is 0 Å². The first-order valence-corrected chi connectivity index (χ1v) is 7.47. The highest BCUT2D eigenvalue weighted by Crippen LogP contribution is 2.26. The van der Waals surface area contributed by atoms with Crippen molar-refractivity contribution in [2.24, 2.45) is 0 Å². The fourth-order valence-corrected chi connectivity index (χ4v) is 2.12. The number of amides is 1. The standard InChI is InChI=1S/C16H22N2O5/c1-16(2,3)23-15(20)18-10-7-12(8-10)22-11-5-6-13(17-9-11)14(19)21-4/h5-6,9-10,12H,7-8H2,1-4H3,(H,18,20). The van der Waals surface area contributed by atoms with Gasteiger partial charge in [0.15, 0.2) is 0 Å². The van der Waals surface area contributed by atoms with Crippen molar-refractivity contribution in [3.63, 3.8) is 0 Å². The summed E-state index contributed by atoms with van der Waals surface area (Å²) in [6, 6.07) is 3.28. The molecule has 1 aliphatic rings. The summed E-state index contributed by atoms with van der Waals surface area (Å²) < 4.78 is 15.5. The highest BCUT2D eigenvalue weighted by Gasteiger charge is 2.33. The van der Waals surface area contributed by atoms with E-state index in [0.717, 1.165) is 0 Å². The summed E-state index contributed by atoms with van der Waals surface area (Å²) in [5.41, 5.74) is -0.269. The average molecular weight is 322 g/mol. The van der Waals surface area contributed by atoms with Gasteiger partial charge in [-0.25, -0.2) is 14.6 Å². The van der Waals surface area contributed by atoms with Crippen molar-refractivity contribution >= 4 is 12.1 Å². The molecule has 1 N–H and O–H groups in total. The summed E-state index contributed by atoms with van der Waals surface area (Å²) in [5.74, 6) is 0.0974. The molecule has 7 nitrogen and oxygen atoms in total. The molecule has 2 rings (SSSR count). The first-order valence-electron chi connectivity index (χ1n) is 7.47. The highest BCUT2D eigenvalue weighted by molar-refractivity contribution is 5.87. The van der Waals surface area contributed by atoms with Crippen molar-refractivity contribution in [1.82, 2.24) is 10.3 Å². The van der Waals surface area contributed by atoms with E-state index in [0.29, 0.717) is 18.6 Å². The third kappa shape index (κ3) is 5.12. The van der Waals surface area contributed by atoms with Gasteiger partial charge < -0.3 is 19.5 Å². The second kappa shape index (κ2) is 6.85. The van der Waals surface area contributed by atoms with Crippen LogP contribution >= 0.6 is 0 Å². The Morgan fingerprint density at radius 2 is 1.96 bits per heavy atom. The zero-order valence-electron chi connectivity index (χ0n) is 13.8. The van der Waals surface area contributed by atoms with Crippen molar-refractivity contribution < 1.29 is 23.8 Å². The lowest BCUT2D eigenvalue weighted by Gasteiger charge is -2.36. The molecule has 0 radical (unpaired) electrons. The Balaban J connectivity index is 1.74. The lowest BCUT2D eigenvalue weighted by molar-refractivity contribution is 0.0362. The molecule has 1 heterocycles. The van der Waals surface area contributed by atoms with Gasteiger partial charge in [-0.2, -0.15) is 0 Å². The van der Waals surface area contributed by atoms with Crippen LogP contribution in [0.2, 0.25) is 0 Å². The maximum atomic E-state index is 11.6. The minimum absolute atomic E-state index is 0.0145. The van der Waals surface area contributed by atoms with Gasteiger partial charge in [0.1, 0.15) is 23.1 Å². The average Bonchev–Trinajstić information content (AvgIpc) is 2.43. The Kier molecular flexibility index (Phi) is 5.08. The molecule has 0 atom stereocenters. The van der Waals surface area contributed by atoms with Crippen LogP contribution in [-0.2, 0) is 9.47 Å². The molecule has 1 amide bonds. The van der Waals surface area contributed by atoms with Gasteiger partial charge in [0.2, 0.25) is 0 Å². The Labute approximate surface area is 135 Å². The second-order valence-corrected chi connectivity index (χ2v) is 6.43. The van der Waals surface area contributed by atoms with E-state index in [2.05, 4.69) is 15.0 Å². The van der Waals surface area contributed by atoms with Crippen LogP contribution in [0.1, 0.15) is 44.1 Å². The Morgan fingerprint density at radius 3 is 2.48 bits per heavy atom. The van der Waals surface area contributed by atoms with Crippen molar-refractivity contribution in [1.29, 1.82) is 0 Å². The number of ether oxygens (including phenoxy) is 3. The monoisotopic (exact) mass is 322 g/mol. The van der Waals surface area contributed by atoms with Crippen molar-refractivity contribution in [2.45, 2.75) is 51.4 Å². The number of hydrogen-bond acceptors (Lipinski definition) is 6. The fourth-order valence-electron chi connectivity index (χ4n) is 2.12. The quantitative estimate of drug-likeness (QED) is 0.856. The van der Waals surface area contributed by atoms with Gasteiger partial charge in [-0.3, -0.25) is 0 Å². The number of aromatic nitrogens is 1. The maximum Gasteiger partial charge on any atom is 0.407 e. The zero-order chi connectivity index (χ0) is 17.0. The molecular weight excluding hydrogens is 300 g/mol. The molecule has 126 valence electrons. The van der Waals surface area contributed by atoms with E-state index in [9.17, 15) is 9.59 Å². The molecule has 0 saturated heterocycles. The number of esters is 1. The Morgan fingerprint density at radius 1 is 1.26 bits per heavy atom. The predicted octanol–water partition coefficient (Wildman–Crippen LogP) is 2.30. The van der Waals surface area contributed by atoms with Gasteiger partial charge in [-0.15, -0.1) is 0 Å². The summed E-state index contributed by atoms with van der Waals surface area (Å²) in [6.07, 6.45) is 2.50. The van der Waals surface area contributed by atoms with Crippen molar-refractivity contribution in [3.8, 4) is 5.75 Å². The van der Waals surface area contributed by atoms with Crippen LogP contribution in [0.4, 0.5) is 4.79 Å². The molecule has 1 aliphatic carbocycles. The maximum absolute atomic E-state index is 11.6. The molecule has 0 aromatic carbocycles. The highest BCUT2D eigenvalue weighted by atomic mass is 16.6. The van der Waals surface area contributed by atoms with Crippen LogP contribution in [0, 0.1) is 0 Å². The summed E-state index contributed by atoms with van der Waals surface area (Å²) in [5, 5.41) is 2.80. The summed E-state index contributed by atoms with van der Waals surface area (Å²) in [7, 11) is 1.31. The second-order valence-electron chi connectivity index (χ2n) is 6.43. The van der Waals surface area contributed by atoms with E-state index in [1.54, 1.807) is 12.1 Å². The van der Waals surface area contributed by atoms with Crippen LogP contribution in [-0.4, -0.2) is 41.9 Å². The van der Waals surface area contributed by atoms with Crippen LogP contribution in [0.5, 0.6) is 5.75 Å². The lowest BCUT2D eigenvalue weighted by Crippen LogP contribution is -2.50. The number of rotatable bonds is 4. The minimum atomic E-state index is -0.503. The molecule has 1 fully saturated rings. The van der Waals surface area contributed by atoms with Gasteiger partial charge in [0, 0.05) is 18.9 Å². The van der Waals surface area contributed by atoms with Crippen molar-refractivity contribution in [2.75, 3.05) is 7.11 Å². The largest absolute Gasteiger partial charge is 0.489 e. The molecular formula is C16H22N2O5. The van der Waals surface area contributed by atoms with E-state index in [1.165, 1.54) is 13.3 Å². The summed E-state index contributed by atoms with van der Waals surface area (Å²) in [4.78, 5) is 26.9. The number of carbonyl (C=O) groups is 2. The number of nitrogens with zero attached hydrogens (tertiary/aromatic N) is 1. The summed E-state index contributed by atoms with van der Waals surface area (Å²) in [6.45, 7) is 5.47. The number of nitrogens with one attached hydrogen (secondary N) is 1. The predicted molar refractivity (Wildman–Crippen MR) is 82.4 cm³/mol. The SMILES string of the molecule is COC(=O)c1ccc(OC2CC(NC(=O)OC(C)(C)C)C2)cn1. The Hall–Kier alpha value is -2.31. The number of carbonyl (C=O) groups excluding carboxylic acids is 2. The van der Waals surface area contributed by atoms with E-state index in [1.807, 2.05) is 20.8 Å². The number of methoxy groups -OCH3 is 1. The molecule has 23 heavy (non-hydrogen) atoms. The van der Waals surface area contributed by atoms with Gasteiger partial charge in [-0.05, 0) is 32.9 Å². The Bertz CT molecular complexity index is 559. The molecule has 0 aliphatic heterocycles. The normalized spacial score (nSPS) is 20.2. The first kappa shape index (κ1) is 17.1. The first-order chi connectivity index (χ1) is 10.8. The van der Waals surface area contributed by atoms with Crippen LogP contribution in [0.15, 0.2) is 18.3 Å². The summed E-state index contributed by atoms with van der Waals surface area (Å²) >= 11 is 0. The van der Waals surface area contributed by atoms with Crippen LogP contribution in [0.3, 0.4) is 0 Å². The van der Waals surface area contributed by atoms with Crippen LogP contribution < -0.4 is 10.1 Å². The van der Waals surface area contributed by atoms with E-state index < -0.39 is 17.7 Å². The molecule has 7 heteroatoms. The molecule has 0 unspecified atom stereocenters. The molecule has 1 aromatic heterocycles. The molecule has 0 spiro atoms. The smallest absolute Gasteiger partial charge is 0.407 e. The lowest BCUT2D eigenvalue weighted by atomic mass is 9.89. The molecule has 1 aromatic rings. The van der Waals surface area contributed by atoms with E-state index >= 15 is 0 Å². The molecule has 1 saturated carbocycles. The topological polar surface area (TPSA) is 86.8 Å². The van der Waals surface area contributed by atoms with Crippen LogP contribution in [0.25, 0.3) is 0 Å². The number of hydrogen-bond donors (Lipinski definition) is 1. The molecule has 0 bridgehead atoms. The number of alkyl carbamates (subject to hydrolysis) is 1. The zero-order valence-corrected chi connectivity index (χ0v) is 13.8. The number of pyridine rings is 1. The van der Waals surface area contributed by atoms with E-state index in [4.69, 9.17) is 9.47 Å². The van der Waals surface area contributed by atoms with Gasteiger partial charge >= 0.3 is 12.1 Å². The van der Waals surface area contributed by atoms with Gasteiger partial charge in [0.25, 0.3) is 0 Å². The van der Waals surface area contributed by atoms with E-state index in [-0.39, 0.29) is 17.8 Å².